The van der Waals surface area contributed by atoms with Crippen LogP contribution in [0.1, 0.15) is 19.3 Å². The van der Waals surface area contributed by atoms with Crippen molar-refractivity contribution in [2.24, 2.45) is 5.92 Å². The first-order valence-electron chi connectivity index (χ1n) is 4.88. The van der Waals surface area contributed by atoms with E-state index in [-0.39, 0.29) is 5.92 Å². The monoisotopic (exact) mass is 198 g/mol. The van der Waals surface area contributed by atoms with Crippen LogP contribution >= 0.6 is 11.8 Å². The minimum atomic E-state index is 0.284. The molecule has 0 aromatic carbocycles. The zero-order chi connectivity index (χ0) is 9.68. The quantitative estimate of drug-likeness (QED) is 0.691. The third kappa shape index (κ3) is 2.89. The Hall–Kier alpha value is -0.200. The van der Waals surface area contributed by atoms with Gasteiger partial charge in [0.25, 0.3) is 0 Å². The molecule has 1 saturated carbocycles. The topological polar surface area (TPSA) is 27.0 Å². The Kier molecular flexibility index (Phi) is 4.61. The summed E-state index contributed by atoms with van der Waals surface area (Å²) in [5.74, 6) is 1.46. The van der Waals surface area contributed by atoms with Crippen LogP contribution in [-0.4, -0.2) is 36.5 Å². The summed E-state index contributed by atoms with van der Waals surface area (Å²) in [4.78, 5) is 2.36. The Bertz CT molecular complexity index is 188. The fraction of sp³-hybridized carbons (Fsp3) is 0.900. The number of hydrogen-bond donors (Lipinski definition) is 0. The minimum Gasteiger partial charge on any atom is -0.301 e. The van der Waals surface area contributed by atoms with Crippen LogP contribution in [-0.2, 0) is 0 Å². The fourth-order valence-electron chi connectivity index (χ4n) is 2.02. The van der Waals surface area contributed by atoms with Crippen LogP contribution in [0.15, 0.2) is 0 Å². The summed E-state index contributed by atoms with van der Waals surface area (Å²) in [6, 6.07) is 2.95. The van der Waals surface area contributed by atoms with Crippen molar-refractivity contribution in [2.75, 3.05) is 25.6 Å². The van der Waals surface area contributed by atoms with Crippen molar-refractivity contribution in [1.29, 1.82) is 5.26 Å². The van der Waals surface area contributed by atoms with E-state index in [0.29, 0.717) is 6.04 Å². The van der Waals surface area contributed by atoms with Crippen LogP contribution in [0, 0.1) is 17.2 Å². The van der Waals surface area contributed by atoms with E-state index >= 15 is 0 Å². The second-order valence-corrected chi connectivity index (χ2v) is 4.69. The van der Waals surface area contributed by atoms with Gasteiger partial charge in [0.2, 0.25) is 0 Å². The van der Waals surface area contributed by atoms with Gasteiger partial charge >= 0.3 is 0 Å². The number of thioether (sulfide) groups is 1. The third-order valence-electron chi connectivity index (χ3n) is 2.86. The molecule has 0 aliphatic heterocycles. The smallest absolute Gasteiger partial charge is 0.0672 e. The van der Waals surface area contributed by atoms with E-state index in [1.807, 2.05) is 11.8 Å². The molecule has 74 valence electrons. The van der Waals surface area contributed by atoms with E-state index in [4.69, 9.17) is 5.26 Å². The highest BCUT2D eigenvalue weighted by Crippen LogP contribution is 2.28. The van der Waals surface area contributed by atoms with Crippen LogP contribution in [0.5, 0.6) is 0 Å². The molecule has 1 rings (SSSR count). The lowest BCUT2D eigenvalue weighted by atomic mass is 10.0. The molecule has 0 aromatic rings. The van der Waals surface area contributed by atoms with Gasteiger partial charge < -0.3 is 4.90 Å². The van der Waals surface area contributed by atoms with Crippen LogP contribution in [0.4, 0.5) is 0 Å². The average Bonchev–Trinajstić information content (AvgIpc) is 2.61. The second-order valence-electron chi connectivity index (χ2n) is 3.71. The Morgan fingerprint density at radius 2 is 2.31 bits per heavy atom. The van der Waals surface area contributed by atoms with Crippen LogP contribution < -0.4 is 0 Å². The van der Waals surface area contributed by atoms with Crippen molar-refractivity contribution in [3.05, 3.63) is 0 Å². The lowest BCUT2D eigenvalue weighted by Gasteiger charge is -2.25. The summed E-state index contributed by atoms with van der Waals surface area (Å²) >= 11 is 1.87. The third-order valence-corrected chi connectivity index (χ3v) is 3.45. The zero-order valence-corrected chi connectivity index (χ0v) is 9.31. The van der Waals surface area contributed by atoms with Gasteiger partial charge in [-0.3, -0.25) is 0 Å². The second kappa shape index (κ2) is 5.51. The summed E-state index contributed by atoms with van der Waals surface area (Å²) in [7, 11) is 2.15. The van der Waals surface area contributed by atoms with Gasteiger partial charge in [-0.05, 0) is 26.1 Å². The minimum absolute atomic E-state index is 0.284. The molecule has 2 unspecified atom stereocenters. The normalized spacial score (nSPS) is 27.8. The molecule has 3 heteroatoms. The standard InChI is InChI=1S/C10H18N2S/c1-12(6-7-13-2)10-5-3-4-9(10)8-11/h9-10H,3-7H2,1-2H3. The SMILES string of the molecule is CSCCN(C)C1CCCC1C#N. The summed E-state index contributed by atoms with van der Waals surface area (Å²) in [5, 5.41) is 8.93. The molecule has 1 aliphatic rings. The van der Waals surface area contributed by atoms with Crippen molar-refractivity contribution < 1.29 is 0 Å². The van der Waals surface area contributed by atoms with E-state index in [1.54, 1.807) is 0 Å². The summed E-state index contributed by atoms with van der Waals surface area (Å²) in [6.45, 7) is 1.12. The van der Waals surface area contributed by atoms with Gasteiger partial charge in [0.05, 0.1) is 12.0 Å². The van der Waals surface area contributed by atoms with Gasteiger partial charge in [-0.15, -0.1) is 0 Å². The van der Waals surface area contributed by atoms with Crippen molar-refractivity contribution in [3.8, 4) is 6.07 Å². The molecule has 13 heavy (non-hydrogen) atoms. The van der Waals surface area contributed by atoms with E-state index < -0.39 is 0 Å². The molecule has 0 N–H and O–H groups in total. The van der Waals surface area contributed by atoms with E-state index in [2.05, 4.69) is 24.3 Å². The number of hydrogen-bond acceptors (Lipinski definition) is 3. The maximum atomic E-state index is 8.93. The lowest BCUT2D eigenvalue weighted by molar-refractivity contribution is 0.233. The molecule has 2 atom stereocenters. The molecular formula is C10H18N2S. The van der Waals surface area contributed by atoms with Crippen LogP contribution in [0.25, 0.3) is 0 Å². The van der Waals surface area contributed by atoms with Gasteiger partial charge in [0.1, 0.15) is 0 Å². The summed E-state index contributed by atoms with van der Waals surface area (Å²) in [6.07, 6.45) is 5.67. The molecule has 0 spiro atoms. The number of nitriles is 1. The van der Waals surface area contributed by atoms with Gasteiger partial charge in [-0.2, -0.15) is 17.0 Å². The van der Waals surface area contributed by atoms with Gasteiger partial charge in [-0.1, -0.05) is 6.42 Å². The van der Waals surface area contributed by atoms with Crippen molar-refractivity contribution in [1.82, 2.24) is 4.90 Å². The molecule has 1 aliphatic carbocycles. The first-order chi connectivity index (χ1) is 6.29. The highest BCUT2D eigenvalue weighted by atomic mass is 32.2. The first-order valence-corrected chi connectivity index (χ1v) is 6.27. The molecule has 2 nitrogen and oxygen atoms in total. The maximum Gasteiger partial charge on any atom is 0.0672 e. The van der Waals surface area contributed by atoms with Crippen LogP contribution in [0.2, 0.25) is 0 Å². The maximum absolute atomic E-state index is 8.93. The van der Waals surface area contributed by atoms with E-state index in [1.165, 1.54) is 18.6 Å². The largest absolute Gasteiger partial charge is 0.301 e. The van der Waals surface area contributed by atoms with E-state index in [0.717, 1.165) is 13.0 Å². The molecule has 0 heterocycles. The molecular weight excluding hydrogens is 180 g/mol. The molecule has 0 saturated heterocycles. The fourth-order valence-corrected chi connectivity index (χ4v) is 2.49. The van der Waals surface area contributed by atoms with Gasteiger partial charge in [-0.25, -0.2) is 0 Å². The molecule has 0 amide bonds. The highest BCUT2D eigenvalue weighted by molar-refractivity contribution is 7.98. The van der Waals surface area contributed by atoms with Crippen molar-refractivity contribution >= 4 is 11.8 Å². The first kappa shape index (κ1) is 10.9. The molecule has 0 bridgehead atoms. The Labute approximate surface area is 85.3 Å². The Balaban J connectivity index is 2.37. The predicted molar refractivity (Wildman–Crippen MR) is 57.8 cm³/mol. The lowest BCUT2D eigenvalue weighted by Crippen LogP contribution is -2.35. The zero-order valence-electron chi connectivity index (χ0n) is 8.49. The number of rotatable bonds is 4. The van der Waals surface area contributed by atoms with Crippen molar-refractivity contribution in [3.63, 3.8) is 0 Å². The Morgan fingerprint density at radius 1 is 1.54 bits per heavy atom. The summed E-state index contributed by atoms with van der Waals surface area (Å²) in [5.41, 5.74) is 0. The summed E-state index contributed by atoms with van der Waals surface area (Å²) < 4.78 is 0. The van der Waals surface area contributed by atoms with Crippen LogP contribution in [0.3, 0.4) is 0 Å². The average molecular weight is 198 g/mol. The number of nitrogens with zero attached hydrogens (tertiary/aromatic N) is 2. The van der Waals surface area contributed by atoms with E-state index in [9.17, 15) is 0 Å². The molecule has 0 aromatic heterocycles. The highest BCUT2D eigenvalue weighted by Gasteiger charge is 2.29. The van der Waals surface area contributed by atoms with Gasteiger partial charge in [0.15, 0.2) is 0 Å². The predicted octanol–water partition coefficient (Wildman–Crippen LogP) is 1.97. The van der Waals surface area contributed by atoms with Gasteiger partial charge in [0, 0.05) is 18.3 Å². The molecule has 1 fully saturated rings. The Morgan fingerprint density at radius 3 is 2.92 bits per heavy atom. The molecule has 0 radical (unpaired) electrons. The van der Waals surface area contributed by atoms with Crippen molar-refractivity contribution in [2.45, 2.75) is 25.3 Å².